The molecule has 0 aromatic heterocycles. The van der Waals surface area contributed by atoms with E-state index in [4.69, 9.17) is 18.9 Å². The molecule has 0 saturated heterocycles. The largest absolute Gasteiger partial charge is 0.494 e. The number of carbonyl (C=O) groups excluding carboxylic acids is 3. The number of methoxy groups -OCH3 is 1. The number of benzene rings is 1. The second kappa shape index (κ2) is 11.3. The van der Waals surface area contributed by atoms with Crippen molar-refractivity contribution in [2.75, 3.05) is 33.5 Å². The fourth-order valence-corrected chi connectivity index (χ4v) is 4.68. The average molecular weight is 472 g/mol. The minimum Gasteiger partial charge on any atom is -0.494 e. The molecule has 3 atom stereocenters. The average Bonchev–Trinajstić information content (AvgIpc) is 2.81. The van der Waals surface area contributed by atoms with Gasteiger partial charge in [0, 0.05) is 29.1 Å². The number of carbonyl (C=O) groups is 3. The van der Waals surface area contributed by atoms with Crippen LogP contribution >= 0.6 is 0 Å². The van der Waals surface area contributed by atoms with Crippen molar-refractivity contribution in [2.45, 2.75) is 40.0 Å². The lowest BCUT2D eigenvalue weighted by molar-refractivity contribution is -0.151. The minimum absolute atomic E-state index is 0.0882. The summed E-state index contributed by atoms with van der Waals surface area (Å²) in [5.41, 5.74) is 2.67. The molecule has 0 spiro atoms. The Hall–Kier alpha value is -3.13. The first-order valence-corrected chi connectivity index (χ1v) is 11.6. The van der Waals surface area contributed by atoms with Crippen LogP contribution in [0.25, 0.3) is 0 Å². The van der Waals surface area contributed by atoms with Gasteiger partial charge in [0.2, 0.25) is 0 Å². The molecule has 0 fully saturated rings. The second-order valence-corrected chi connectivity index (χ2v) is 8.34. The summed E-state index contributed by atoms with van der Waals surface area (Å²) in [6.07, 6.45) is 0.470. The first-order valence-electron chi connectivity index (χ1n) is 11.6. The Labute approximate surface area is 200 Å². The molecular formula is C26H33NO7. The van der Waals surface area contributed by atoms with Gasteiger partial charge in [-0.25, -0.2) is 4.79 Å². The van der Waals surface area contributed by atoms with Crippen LogP contribution in [0.2, 0.25) is 0 Å². The number of ketones is 1. The van der Waals surface area contributed by atoms with Crippen LogP contribution in [-0.2, 0) is 28.6 Å². The van der Waals surface area contributed by atoms with E-state index in [2.05, 4.69) is 5.32 Å². The molecule has 1 aromatic carbocycles. The van der Waals surface area contributed by atoms with Crippen molar-refractivity contribution >= 4 is 17.7 Å². The molecule has 1 heterocycles. The van der Waals surface area contributed by atoms with Crippen molar-refractivity contribution in [3.63, 3.8) is 0 Å². The van der Waals surface area contributed by atoms with Gasteiger partial charge in [0.15, 0.2) is 5.78 Å². The van der Waals surface area contributed by atoms with Crippen molar-refractivity contribution in [3.05, 3.63) is 52.4 Å². The third kappa shape index (κ3) is 5.01. The predicted octanol–water partition coefficient (Wildman–Crippen LogP) is 3.28. The van der Waals surface area contributed by atoms with Crippen LogP contribution in [0.1, 0.15) is 45.6 Å². The molecule has 1 N–H and O–H groups in total. The van der Waals surface area contributed by atoms with E-state index < -0.39 is 23.8 Å². The zero-order chi connectivity index (χ0) is 24.8. The third-order valence-corrected chi connectivity index (χ3v) is 6.16. The van der Waals surface area contributed by atoms with Crippen molar-refractivity contribution in [2.24, 2.45) is 11.8 Å². The van der Waals surface area contributed by atoms with Gasteiger partial charge in [-0.1, -0.05) is 25.1 Å². The molecule has 2 aliphatic rings. The summed E-state index contributed by atoms with van der Waals surface area (Å²) in [5.74, 6) is -2.84. The Morgan fingerprint density at radius 3 is 2.53 bits per heavy atom. The number of ether oxygens (including phenoxy) is 4. The van der Waals surface area contributed by atoms with Crippen LogP contribution < -0.4 is 10.1 Å². The van der Waals surface area contributed by atoms with E-state index >= 15 is 0 Å². The van der Waals surface area contributed by atoms with Crippen LogP contribution in [-0.4, -0.2) is 51.3 Å². The lowest BCUT2D eigenvalue weighted by atomic mass is 9.69. The summed E-state index contributed by atoms with van der Waals surface area (Å²) in [7, 11) is 1.28. The van der Waals surface area contributed by atoms with Gasteiger partial charge < -0.3 is 24.3 Å². The zero-order valence-corrected chi connectivity index (χ0v) is 20.4. The van der Waals surface area contributed by atoms with Gasteiger partial charge in [-0.3, -0.25) is 9.59 Å². The summed E-state index contributed by atoms with van der Waals surface area (Å²) in [6.45, 7) is 8.67. The van der Waals surface area contributed by atoms with Crippen LogP contribution in [0.4, 0.5) is 0 Å². The Balaban J connectivity index is 2.13. The first-order chi connectivity index (χ1) is 16.3. The lowest BCUT2D eigenvalue weighted by Gasteiger charge is -2.38. The van der Waals surface area contributed by atoms with Gasteiger partial charge in [0.05, 0.1) is 31.8 Å². The molecule has 0 bridgehead atoms. The van der Waals surface area contributed by atoms with Crippen LogP contribution in [0.3, 0.4) is 0 Å². The maximum absolute atomic E-state index is 13.8. The third-order valence-electron chi connectivity index (χ3n) is 6.16. The summed E-state index contributed by atoms with van der Waals surface area (Å²) in [4.78, 5) is 39.6. The Bertz CT molecular complexity index is 1010. The number of rotatable bonds is 9. The molecule has 8 nitrogen and oxygen atoms in total. The highest BCUT2D eigenvalue weighted by Crippen LogP contribution is 2.47. The summed E-state index contributed by atoms with van der Waals surface area (Å²) in [5, 5.41) is 3.25. The molecule has 8 heteroatoms. The van der Waals surface area contributed by atoms with Crippen LogP contribution in [0, 0.1) is 11.8 Å². The SMILES string of the molecule is CCOCCOC(=O)C1=C(C)NC2=C(C(=O)[C@H](C(=O)OC)[C@@H](C)C2)[C@H]1c1ccccc1OCC. The number of dihydropyridines is 1. The molecule has 0 unspecified atom stereocenters. The second-order valence-electron chi connectivity index (χ2n) is 8.34. The summed E-state index contributed by atoms with van der Waals surface area (Å²) >= 11 is 0. The lowest BCUT2D eigenvalue weighted by Crippen LogP contribution is -2.43. The standard InChI is InChI=1S/C26H33NO7/c1-6-32-12-13-34-26(30)21-16(4)27-18-14-15(3)20(25(29)31-5)24(28)23(18)22(21)17-10-8-9-11-19(17)33-7-2/h8-11,15,20,22,27H,6-7,12-14H2,1-5H3/t15-,20+,22-/m0/s1. The monoisotopic (exact) mass is 471 g/mol. The molecule has 184 valence electrons. The highest BCUT2D eigenvalue weighted by atomic mass is 16.6. The molecule has 3 rings (SSSR count). The van der Waals surface area contributed by atoms with Crippen LogP contribution in [0.15, 0.2) is 46.8 Å². The highest BCUT2D eigenvalue weighted by Gasteiger charge is 2.47. The topological polar surface area (TPSA) is 100 Å². The number of hydrogen-bond acceptors (Lipinski definition) is 8. The van der Waals surface area contributed by atoms with E-state index in [0.29, 0.717) is 53.5 Å². The molecule has 1 aromatic rings. The predicted molar refractivity (Wildman–Crippen MR) is 125 cm³/mol. The molecule has 0 radical (unpaired) electrons. The van der Waals surface area contributed by atoms with Crippen molar-refractivity contribution in [1.82, 2.24) is 5.32 Å². The van der Waals surface area contributed by atoms with Gasteiger partial charge in [-0.15, -0.1) is 0 Å². The van der Waals surface area contributed by atoms with E-state index in [9.17, 15) is 14.4 Å². The first kappa shape index (κ1) is 25.5. The van der Waals surface area contributed by atoms with Gasteiger partial charge in [-0.2, -0.15) is 0 Å². The van der Waals surface area contributed by atoms with E-state index in [1.54, 1.807) is 6.92 Å². The quantitative estimate of drug-likeness (QED) is 0.333. The van der Waals surface area contributed by atoms with Gasteiger partial charge in [-0.05, 0) is 39.2 Å². The molecule has 0 amide bonds. The number of Topliss-reactive ketones (excluding diaryl/α,β-unsaturated/α-hetero) is 1. The van der Waals surface area contributed by atoms with Gasteiger partial charge >= 0.3 is 11.9 Å². The zero-order valence-electron chi connectivity index (χ0n) is 20.4. The Kier molecular flexibility index (Phi) is 8.50. The molecule has 34 heavy (non-hydrogen) atoms. The number of allylic oxidation sites excluding steroid dienone is 3. The van der Waals surface area contributed by atoms with E-state index in [-0.39, 0.29) is 24.9 Å². The van der Waals surface area contributed by atoms with E-state index in [1.807, 2.05) is 45.0 Å². The maximum Gasteiger partial charge on any atom is 0.336 e. The Morgan fingerprint density at radius 2 is 1.85 bits per heavy atom. The fraction of sp³-hybridized carbons (Fsp3) is 0.500. The Morgan fingerprint density at radius 1 is 1.12 bits per heavy atom. The van der Waals surface area contributed by atoms with E-state index in [0.717, 1.165) is 0 Å². The number of para-hydroxylation sites is 1. The van der Waals surface area contributed by atoms with E-state index in [1.165, 1.54) is 7.11 Å². The number of hydrogen-bond donors (Lipinski definition) is 1. The smallest absolute Gasteiger partial charge is 0.336 e. The molecule has 1 aliphatic carbocycles. The number of nitrogens with one attached hydrogen (secondary N) is 1. The normalized spacial score (nSPS) is 22.1. The minimum atomic E-state index is -0.944. The summed E-state index contributed by atoms with van der Waals surface area (Å²) in [6, 6.07) is 7.32. The molecule has 0 saturated carbocycles. The summed E-state index contributed by atoms with van der Waals surface area (Å²) < 4.78 is 21.6. The molecular weight excluding hydrogens is 438 g/mol. The van der Waals surface area contributed by atoms with Gasteiger partial charge in [0.25, 0.3) is 0 Å². The van der Waals surface area contributed by atoms with Crippen molar-refractivity contribution in [1.29, 1.82) is 0 Å². The maximum atomic E-state index is 13.8. The van der Waals surface area contributed by atoms with Crippen molar-refractivity contribution < 1.29 is 33.3 Å². The highest BCUT2D eigenvalue weighted by molar-refractivity contribution is 6.12. The molecule has 1 aliphatic heterocycles. The van der Waals surface area contributed by atoms with Crippen LogP contribution in [0.5, 0.6) is 5.75 Å². The number of esters is 2. The fourth-order valence-electron chi connectivity index (χ4n) is 4.68. The van der Waals surface area contributed by atoms with Crippen molar-refractivity contribution in [3.8, 4) is 5.75 Å². The van der Waals surface area contributed by atoms with Gasteiger partial charge in [0.1, 0.15) is 18.3 Å².